The Morgan fingerprint density at radius 1 is 1.35 bits per heavy atom. The number of aliphatic carboxylic acids is 2. The van der Waals surface area contributed by atoms with Crippen molar-refractivity contribution in [1.82, 2.24) is 9.88 Å². The summed E-state index contributed by atoms with van der Waals surface area (Å²) >= 11 is 11.6. The van der Waals surface area contributed by atoms with Gasteiger partial charge in [0.05, 0.1) is 5.02 Å². The maximum absolute atomic E-state index is 11.9. The maximum Gasteiger partial charge on any atom is 0.326 e. The number of carboxylic acid groups (broad SMARTS) is 2. The van der Waals surface area contributed by atoms with E-state index >= 15 is 0 Å². The molecule has 1 heterocycles. The van der Waals surface area contributed by atoms with Crippen LogP contribution in [0.1, 0.15) is 23.3 Å². The zero-order chi connectivity index (χ0) is 15.4. The molecule has 1 rings (SSSR count). The van der Waals surface area contributed by atoms with Crippen LogP contribution >= 0.6 is 23.2 Å². The van der Waals surface area contributed by atoms with Crippen LogP contribution in [0.15, 0.2) is 6.07 Å². The molecule has 9 heteroatoms. The van der Waals surface area contributed by atoms with Crippen molar-refractivity contribution in [3.05, 3.63) is 21.9 Å². The molecule has 0 aliphatic rings. The third kappa shape index (κ3) is 3.88. The van der Waals surface area contributed by atoms with Gasteiger partial charge >= 0.3 is 11.9 Å². The van der Waals surface area contributed by atoms with Crippen molar-refractivity contribution in [3.63, 3.8) is 0 Å². The first-order chi connectivity index (χ1) is 9.23. The van der Waals surface area contributed by atoms with Gasteiger partial charge in [0.2, 0.25) is 0 Å². The Morgan fingerprint density at radius 3 is 2.35 bits per heavy atom. The van der Waals surface area contributed by atoms with E-state index in [1.165, 1.54) is 17.7 Å². The average molecular weight is 323 g/mol. The van der Waals surface area contributed by atoms with Crippen LogP contribution < -0.4 is 5.32 Å². The third-order valence-electron chi connectivity index (χ3n) is 2.60. The van der Waals surface area contributed by atoms with Crippen molar-refractivity contribution in [3.8, 4) is 0 Å². The molecule has 0 aliphatic carbocycles. The second kappa shape index (κ2) is 6.62. The summed E-state index contributed by atoms with van der Waals surface area (Å²) in [5.41, 5.74) is 0.0848. The number of nitrogens with zero attached hydrogens (tertiary/aromatic N) is 1. The first-order valence-electron chi connectivity index (χ1n) is 5.50. The highest BCUT2D eigenvalue weighted by Gasteiger charge is 2.24. The van der Waals surface area contributed by atoms with Gasteiger partial charge in [0.1, 0.15) is 16.9 Å². The zero-order valence-electron chi connectivity index (χ0n) is 10.4. The lowest BCUT2D eigenvalue weighted by Gasteiger charge is -2.13. The average Bonchev–Trinajstić information content (AvgIpc) is 2.61. The van der Waals surface area contributed by atoms with E-state index in [1.807, 2.05) is 0 Å². The van der Waals surface area contributed by atoms with E-state index in [0.717, 1.165) is 0 Å². The molecule has 1 aromatic heterocycles. The molecule has 0 radical (unpaired) electrons. The van der Waals surface area contributed by atoms with Gasteiger partial charge in [-0.2, -0.15) is 0 Å². The molecular weight excluding hydrogens is 311 g/mol. The van der Waals surface area contributed by atoms with Crippen LogP contribution in [0.5, 0.6) is 0 Å². The minimum Gasteiger partial charge on any atom is -0.481 e. The summed E-state index contributed by atoms with van der Waals surface area (Å²) in [5.74, 6) is -3.15. The standard InChI is InChI=1S/C11H12Cl2N2O5/c1-15-7(4-5(12)9(15)13)10(18)14-6(11(19)20)2-3-8(16)17/h4,6H,2-3H2,1H3,(H,14,18)(H,16,17)(H,19,20). The maximum atomic E-state index is 11.9. The zero-order valence-corrected chi connectivity index (χ0v) is 11.9. The smallest absolute Gasteiger partial charge is 0.326 e. The first kappa shape index (κ1) is 16.3. The summed E-state index contributed by atoms with van der Waals surface area (Å²) in [6.45, 7) is 0. The molecule has 1 atom stereocenters. The summed E-state index contributed by atoms with van der Waals surface area (Å²) in [7, 11) is 1.50. The highest BCUT2D eigenvalue weighted by atomic mass is 35.5. The van der Waals surface area contributed by atoms with Crippen LogP contribution in [0.3, 0.4) is 0 Å². The second-order valence-corrected chi connectivity index (χ2v) is 4.79. The van der Waals surface area contributed by atoms with Gasteiger partial charge in [-0.1, -0.05) is 23.2 Å². The second-order valence-electron chi connectivity index (χ2n) is 4.02. The number of halogens is 2. The quantitative estimate of drug-likeness (QED) is 0.733. The SMILES string of the molecule is Cn1c(C(=O)NC(CCC(=O)O)C(=O)O)cc(Cl)c1Cl. The van der Waals surface area contributed by atoms with Crippen molar-refractivity contribution in [2.45, 2.75) is 18.9 Å². The minimum absolute atomic E-state index is 0.0848. The van der Waals surface area contributed by atoms with Gasteiger partial charge in [-0.15, -0.1) is 0 Å². The van der Waals surface area contributed by atoms with Crippen molar-refractivity contribution in [2.24, 2.45) is 7.05 Å². The van der Waals surface area contributed by atoms with Gasteiger partial charge in [0, 0.05) is 13.5 Å². The van der Waals surface area contributed by atoms with Gasteiger partial charge in [-0.05, 0) is 12.5 Å². The number of amides is 1. The molecule has 0 aromatic carbocycles. The Balaban J connectivity index is 2.82. The van der Waals surface area contributed by atoms with E-state index in [-0.39, 0.29) is 28.7 Å². The van der Waals surface area contributed by atoms with Crippen LogP contribution in [0.25, 0.3) is 0 Å². The van der Waals surface area contributed by atoms with Crippen LogP contribution in [-0.2, 0) is 16.6 Å². The van der Waals surface area contributed by atoms with Crippen LogP contribution in [0, 0.1) is 0 Å². The number of hydrogen-bond acceptors (Lipinski definition) is 3. The molecule has 0 spiro atoms. The van der Waals surface area contributed by atoms with E-state index < -0.39 is 23.9 Å². The van der Waals surface area contributed by atoms with E-state index in [2.05, 4.69) is 5.32 Å². The number of nitrogens with one attached hydrogen (secondary N) is 1. The van der Waals surface area contributed by atoms with Gasteiger partial charge < -0.3 is 20.1 Å². The Bertz CT molecular complexity index is 555. The Hall–Kier alpha value is -1.73. The third-order valence-corrected chi connectivity index (χ3v) is 3.44. The molecule has 0 saturated heterocycles. The lowest BCUT2D eigenvalue weighted by Crippen LogP contribution is -2.41. The molecule has 1 aromatic rings. The summed E-state index contributed by atoms with van der Waals surface area (Å²) < 4.78 is 1.30. The van der Waals surface area contributed by atoms with Crippen molar-refractivity contribution >= 4 is 41.0 Å². The number of carbonyl (C=O) groups excluding carboxylic acids is 1. The van der Waals surface area contributed by atoms with Gasteiger partial charge in [0.25, 0.3) is 5.91 Å². The number of carbonyl (C=O) groups is 3. The monoisotopic (exact) mass is 322 g/mol. The predicted molar refractivity (Wildman–Crippen MR) is 71.2 cm³/mol. The molecule has 110 valence electrons. The van der Waals surface area contributed by atoms with Crippen LogP contribution in [-0.4, -0.2) is 38.7 Å². The van der Waals surface area contributed by atoms with E-state index in [9.17, 15) is 14.4 Å². The van der Waals surface area contributed by atoms with Crippen molar-refractivity contribution < 1.29 is 24.6 Å². The Morgan fingerprint density at radius 2 is 1.95 bits per heavy atom. The van der Waals surface area contributed by atoms with Gasteiger partial charge in [0.15, 0.2) is 0 Å². The molecule has 0 aliphatic heterocycles. The predicted octanol–water partition coefficient (Wildman–Crippen LogP) is 1.38. The van der Waals surface area contributed by atoms with Gasteiger partial charge in [-0.25, -0.2) is 4.79 Å². The van der Waals surface area contributed by atoms with E-state index in [4.69, 9.17) is 33.4 Å². The van der Waals surface area contributed by atoms with Crippen molar-refractivity contribution in [2.75, 3.05) is 0 Å². The van der Waals surface area contributed by atoms with Crippen molar-refractivity contribution in [1.29, 1.82) is 0 Å². The fourth-order valence-corrected chi connectivity index (χ4v) is 1.89. The molecule has 0 fully saturated rings. The van der Waals surface area contributed by atoms with Crippen LogP contribution in [0.2, 0.25) is 10.2 Å². The summed E-state index contributed by atoms with van der Waals surface area (Å²) in [4.78, 5) is 33.3. The van der Waals surface area contributed by atoms with E-state index in [0.29, 0.717) is 0 Å². The number of aromatic nitrogens is 1. The lowest BCUT2D eigenvalue weighted by molar-refractivity contribution is -0.140. The summed E-state index contributed by atoms with van der Waals surface area (Å²) in [6.07, 6.45) is -0.589. The Kier molecular flexibility index (Phi) is 5.41. The summed E-state index contributed by atoms with van der Waals surface area (Å²) in [5, 5.41) is 20.0. The van der Waals surface area contributed by atoms with Crippen LogP contribution in [0.4, 0.5) is 0 Å². The highest BCUT2D eigenvalue weighted by Crippen LogP contribution is 2.25. The molecule has 3 N–H and O–H groups in total. The first-order valence-corrected chi connectivity index (χ1v) is 6.25. The normalized spacial score (nSPS) is 11.9. The fourth-order valence-electron chi connectivity index (χ4n) is 1.52. The molecule has 1 unspecified atom stereocenters. The molecule has 7 nitrogen and oxygen atoms in total. The van der Waals surface area contributed by atoms with Gasteiger partial charge in [-0.3, -0.25) is 9.59 Å². The molecular formula is C11H12Cl2N2O5. The number of hydrogen-bond donors (Lipinski definition) is 3. The summed E-state index contributed by atoms with van der Waals surface area (Å²) in [6, 6.07) is 0.000968. The lowest BCUT2D eigenvalue weighted by atomic mass is 10.1. The largest absolute Gasteiger partial charge is 0.481 e. The number of rotatable bonds is 6. The molecule has 1 amide bonds. The highest BCUT2D eigenvalue weighted by molar-refractivity contribution is 6.41. The molecule has 20 heavy (non-hydrogen) atoms. The minimum atomic E-state index is -1.31. The topological polar surface area (TPSA) is 109 Å². The number of carboxylic acids is 2. The Labute approximate surface area is 124 Å². The fraction of sp³-hybridized carbons (Fsp3) is 0.364. The van der Waals surface area contributed by atoms with E-state index in [1.54, 1.807) is 0 Å². The molecule has 0 saturated carbocycles. The molecule has 0 bridgehead atoms.